The van der Waals surface area contributed by atoms with Crippen molar-refractivity contribution < 1.29 is 17.6 Å². The van der Waals surface area contributed by atoms with Gasteiger partial charge in [-0.15, -0.1) is 0 Å². The maximum atomic E-state index is 13.6. The smallest absolute Gasteiger partial charge is 0.237 e. The number of carbonyl (C=O) groups is 1. The van der Waals surface area contributed by atoms with Crippen LogP contribution in [0.25, 0.3) is 0 Å². The molecule has 1 amide bonds. The second-order valence-electron chi connectivity index (χ2n) is 8.72. The van der Waals surface area contributed by atoms with Gasteiger partial charge in [-0.1, -0.05) is 35.9 Å². The van der Waals surface area contributed by atoms with Gasteiger partial charge in [0.1, 0.15) is 11.8 Å². The summed E-state index contributed by atoms with van der Waals surface area (Å²) in [5.74, 6) is 0.392. The van der Waals surface area contributed by atoms with Crippen LogP contribution in [0.4, 0.5) is 5.69 Å². The molecule has 1 aromatic heterocycles. The van der Waals surface area contributed by atoms with Crippen molar-refractivity contribution >= 4 is 33.2 Å². The molecule has 1 aliphatic heterocycles. The number of aryl methyl sites for hydroxylation is 2. The monoisotopic (exact) mass is 470 g/mol. The Kier molecular flexibility index (Phi) is 4.87. The zero-order valence-corrected chi connectivity index (χ0v) is 19.3. The number of furan rings is 1. The van der Waals surface area contributed by atoms with Crippen LogP contribution in [-0.4, -0.2) is 14.3 Å². The molecule has 0 bridgehead atoms. The van der Waals surface area contributed by atoms with Crippen molar-refractivity contribution in [2.75, 3.05) is 4.72 Å². The number of sulfonamides is 1. The minimum Gasteiger partial charge on any atom is -0.447 e. The molecule has 1 fully saturated rings. The number of benzene rings is 2. The Balaban J connectivity index is 1.48. The van der Waals surface area contributed by atoms with E-state index in [1.54, 1.807) is 18.2 Å². The molecule has 2 heterocycles. The maximum Gasteiger partial charge on any atom is 0.237 e. The lowest BCUT2D eigenvalue weighted by molar-refractivity contribution is -0.124. The van der Waals surface area contributed by atoms with E-state index in [1.165, 1.54) is 0 Å². The standard InChI is InChI=1S/C24H23ClN2O4S/c1-14-3-5-18(15(2)11-14)22(20-7-8-21(25)31-20)26-23(28)24(9-10-24)17-4-6-19-16(12-17)13-32(29,30)27-19/h3-8,11-12,22,27H,9-10,13H2,1-2H3,(H,26,28). The van der Waals surface area contributed by atoms with Crippen LogP contribution in [0.2, 0.25) is 5.22 Å². The predicted molar refractivity (Wildman–Crippen MR) is 123 cm³/mol. The number of hydrogen-bond acceptors (Lipinski definition) is 4. The molecule has 1 atom stereocenters. The Morgan fingerprint density at radius 3 is 2.56 bits per heavy atom. The van der Waals surface area contributed by atoms with Crippen LogP contribution < -0.4 is 10.0 Å². The van der Waals surface area contributed by atoms with Crippen LogP contribution in [-0.2, 0) is 26.0 Å². The highest BCUT2D eigenvalue weighted by molar-refractivity contribution is 7.92. The van der Waals surface area contributed by atoms with E-state index in [1.807, 2.05) is 38.1 Å². The first-order valence-electron chi connectivity index (χ1n) is 10.4. The zero-order valence-electron chi connectivity index (χ0n) is 17.7. The van der Waals surface area contributed by atoms with Crippen LogP contribution in [0, 0.1) is 13.8 Å². The van der Waals surface area contributed by atoms with E-state index in [9.17, 15) is 13.2 Å². The third kappa shape index (κ3) is 3.69. The topological polar surface area (TPSA) is 88.4 Å². The molecule has 2 N–H and O–H groups in total. The average molecular weight is 471 g/mol. The van der Waals surface area contributed by atoms with Gasteiger partial charge in [-0.3, -0.25) is 9.52 Å². The Bertz CT molecular complexity index is 1340. The summed E-state index contributed by atoms with van der Waals surface area (Å²) >= 11 is 6.03. The van der Waals surface area contributed by atoms with Gasteiger partial charge in [0.2, 0.25) is 15.9 Å². The second-order valence-corrected chi connectivity index (χ2v) is 10.8. The number of amides is 1. The third-order valence-corrected chi connectivity index (χ3v) is 7.77. The molecular weight excluding hydrogens is 448 g/mol. The highest BCUT2D eigenvalue weighted by atomic mass is 35.5. The fourth-order valence-corrected chi connectivity index (χ4v) is 5.90. The van der Waals surface area contributed by atoms with E-state index in [0.717, 1.165) is 22.3 Å². The van der Waals surface area contributed by atoms with Gasteiger partial charge in [0.25, 0.3) is 0 Å². The molecule has 0 saturated heterocycles. The Morgan fingerprint density at radius 2 is 1.91 bits per heavy atom. The lowest BCUT2D eigenvalue weighted by atomic mass is 9.91. The number of anilines is 1. The van der Waals surface area contributed by atoms with Gasteiger partial charge >= 0.3 is 0 Å². The first kappa shape index (κ1) is 21.1. The van der Waals surface area contributed by atoms with E-state index in [2.05, 4.69) is 16.1 Å². The summed E-state index contributed by atoms with van der Waals surface area (Å²) in [5, 5.41) is 3.44. The fraction of sp³-hybridized carbons (Fsp3) is 0.292. The van der Waals surface area contributed by atoms with Gasteiger partial charge in [0, 0.05) is 0 Å². The lowest BCUT2D eigenvalue weighted by Gasteiger charge is -2.23. The maximum absolute atomic E-state index is 13.6. The second kappa shape index (κ2) is 7.39. The molecule has 0 spiro atoms. The fourth-order valence-electron chi connectivity index (χ4n) is 4.49. The molecular formula is C24H23ClN2O4S. The molecule has 2 aliphatic rings. The molecule has 32 heavy (non-hydrogen) atoms. The molecule has 5 rings (SSSR count). The molecule has 3 aromatic rings. The van der Waals surface area contributed by atoms with Crippen molar-refractivity contribution in [2.45, 2.75) is 43.9 Å². The van der Waals surface area contributed by atoms with Crippen LogP contribution in [0.1, 0.15) is 52.5 Å². The first-order valence-corrected chi connectivity index (χ1v) is 12.5. The molecule has 1 saturated carbocycles. The average Bonchev–Trinajstić information content (AvgIpc) is 3.32. The van der Waals surface area contributed by atoms with E-state index in [-0.39, 0.29) is 16.9 Å². The van der Waals surface area contributed by atoms with Crippen LogP contribution in [0.3, 0.4) is 0 Å². The largest absolute Gasteiger partial charge is 0.447 e. The van der Waals surface area contributed by atoms with Crippen molar-refractivity contribution in [3.8, 4) is 0 Å². The van der Waals surface area contributed by atoms with Gasteiger partial charge < -0.3 is 9.73 Å². The lowest BCUT2D eigenvalue weighted by Crippen LogP contribution is -2.38. The van der Waals surface area contributed by atoms with Gasteiger partial charge in [-0.25, -0.2) is 8.42 Å². The minimum atomic E-state index is -3.34. The normalized spacial score (nSPS) is 18.5. The van der Waals surface area contributed by atoms with Crippen LogP contribution in [0.15, 0.2) is 52.9 Å². The Hall–Kier alpha value is -2.77. The highest BCUT2D eigenvalue weighted by Crippen LogP contribution is 2.50. The van der Waals surface area contributed by atoms with Crippen molar-refractivity contribution in [3.63, 3.8) is 0 Å². The molecule has 6 nitrogen and oxygen atoms in total. The van der Waals surface area contributed by atoms with Gasteiger partial charge in [-0.05, 0) is 78.7 Å². The first-order chi connectivity index (χ1) is 15.2. The van der Waals surface area contributed by atoms with Crippen LogP contribution >= 0.6 is 11.6 Å². The summed E-state index contributed by atoms with van der Waals surface area (Å²) in [5.41, 5.74) is 4.57. The van der Waals surface area contributed by atoms with Gasteiger partial charge in [0.15, 0.2) is 5.22 Å². The quantitative estimate of drug-likeness (QED) is 0.563. The van der Waals surface area contributed by atoms with E-state index >= 15 is 0 Å². The number of halogens is 1. The minimum absolute atomic E-state index is 0.0655. The van der Waals surface area contributed by atoms with E-state index in [0.29, 0.717) is 29.9 Å². The number of nitrogens with one attached hydrogen (secondary N) is 2. The van der Waals surface area contributed by atoms with Crippen molar-refractivity contribution in [1.82, 2.24) is 5.32 Å². The summed E-state index contributed by atoms with van der Waals surface area (Å²) in [7, 11) is -3.34. The van der Waals surface area contributed by atoms with Gasteiger partial charge in [-0.2, -0.15) is 0 Å². The predicted octanol–water partition coefficient (Wildman–Crippen LogP) is 4.74. The van der Waals surface area contributed by atoms with E-state index < -0.39 is 21.5 Å². The number of hydrogen-bond donors (Lipinski definition) is 2. The summed E-state index contributed by atoms with van der Waals surface area (Å²) in [6, 6.07) is 14.5. The number of carbonyl (C=O) groups excluding carboxylic acids is 1. The summed E-state index contributed by atoms with van der Waals surface area (Å²) < 4.78 is 32.0. The Morgan fingerprint density at radius 1 is 1.12 bits per heavy atom. The summed E-state index contributed by atoms with van der Waals surface area (Å²) in [6.07, 6.45) is 1.41. The number of rotatable bonds is 5. The van der Waals surface area contributed by atoms with Crippen molar-refractivity contribution in [2.24, 2.45) is 0 Å². The van der Waals surface area contributed by atoms with Crippen molar-refractivity contribution in [1.29, 1.82) is 0 Å². The zero-order chi connectivity index (χ0) is 22.7. The Labute approximate surface area is 192 Å². The summed E-state index contributed by atoms with van der Waals surface area (Å²) in [6.45, 7) is 4.03. The number of fused-ring (bicyclic) bond motifs is 1. The SMILES string of the molecule is Cc1ccc(C(NC(=O)C2(c3ccc4c(c3)CS(=O)(=O)N4)CC2)c2ccc(Cl)o2)c(C)c1. The van der Waals surface area contributed by atoms with Gasteiger partial charge in [0.05, 0.1) is 16.9 Å². The van der Waals surface area contributed by atoms with Crippen LogP contribution in [0.5, 0.6) is 0 Å². The third-order valence-electron chi connectivity index (χ3n) is 6.34. The van der Waals surface area contributed by atoms with E-state index in [4.69, 9.17) is 16.0 Å². The molecule has 1 aliphatic carbocycles. The molecule has 1 unspecified atom stereocenters. The molecule has 2 aromatic carbocycles. The highest BCUT2D eigenvalue weighted by Gasteiger charge is 2.52. The summed E-state index contributed by atoms with van der Waals surface area (Å²) in [4.78, 5) is 13.6. The van der Waals surface area contributed by atoms with Crippen molar-refractivity contribution in [3.05, 3.63) is 87.3 Å². The molecule has 8 heteroatoms. The molecule has 166 valence electrons. The molecule has 0 radical (unpaired) electrons.